The van der Waals surface area contributed by atoms with Crippen LogP contribution in [0.3, 0.4) is 0 Å². The normalized spacial score (nSPS) is 10.2. The Morgan fingerprint density at radius 3 is 2.79 bits per heavy atom. The number of hydrogen-bond donors (Lipinski definition) is 3. The zero-order valence-electron chi connectivity index (χ0n) is 7.98. The largest absolute Gasteiger partial charge is 0.492 e. The number of nitrogen functional groups attached to an aromatic ring is 1. The zero-order chi connectivity index (χ0) is 10.7. The standard InChI is InChI=1S/C8H12N4O2/c1-4(2)6(13)11-8-10-3-5(9)7(14)12-8/h3-4H,9H2,1-2H3,(H2,10,11,12,13,14). The number of anilines is 2. The van der Waals surface area contributed by atoms with Crippen molar-refractivity contribution in [1.29, 1.82) is 0 Å². The maximum atomic E-state index is 11.2. The van der Waals surface area contributed by atoms with E-state index in [2.05, 4.69) is 15.3 Å². The topological polar surface area (TPSA) is 101 Å². The van der Waals surface area contributed by atoms with Crippen LogP contribution < -0.4 is 11.1 Å². The van der Waals surface area contributed by atoms with E-state index in [0.717, 1.165) is 0 Å². The van der Waals surface area contributed by atoms with Gasteiger partial charge in [-0.25, -0.2) is 4.98 Å². The van der Waals surface area contributed by atoms with E-state index in [9.17, 15) is 4.79 Å². The molecule has 1 aromatic heterocycles. The number of aromatic nitrogens is 2. The molecule has 1 aromatic rings. The summed E-state index contributed by atoms with van der Waals surface area (Å²) in [6, 6.07) is 0. The molecule has 0 aliphatic heterocycles. The molecule has 0 spiro atoms. The number of nitrogens with zero attached hydrogens (tertiary/aromatic N) is 2. The third-order valence-corrected chi connectivity index (χ3v) is 1.56. The summed E-state index contributed by atoms with van der Waals surface area (Å²) in [7, 11) is 0. The lowest BCUT2D eigenvalue weighted by Crippen LogP contribution is -2.19. The molecule has 1 heterocycles. The maximum Gasteiger partial charge on any atom is 0.239 e. The number of rotatable bonds is 2. The number of aromatic hydroxyl groups is 1. The van der Waals surface area contributed by atoms with Crippen LogP contribution in [0.15, 0.2) is 6.20 Å². The molecule has 0 aliphatic rings. The van der Waals surface area contributed by atoms with Crippen molar-refractivity contribution in [3.05, 3.63) is 6.20 Å². The highest BCUT2D eigenvalue weighted by molar-refractivity contribution is 5.90. The molecule has 0 unspecified atom stereocenters. The third kappa shape index (κ3) is 2.32. The van der Waals surface area contributed by atoms with Crippen LogP contribution in [-0.2, 0) is 4.79 Å². The van der Waals surface area contributed by atoms with Crippen LogP contribution in [0.4, 0.5) is 11.6 Å². The highest BCUT2D eigenvalue weighted by atomic mass is 16.3. The minimum atomic E-state index is -0.334. The summed E-state index contributed by atoms with van der Waals surface area (Å²) >= 11 is 0. The Morgan fingerprint density at radius 1 is 1.64 bits per heavy atom. The second-order valence-electron chi connectivity index (χ2n) is 3.12. The van der Waals surface area contributed by atoms with Crippen LogP contribution in [0.2, 0.25) is 0 Å². The minimum Gasteiger partial charge on any atom is -0.492 e. The van der Waals surface area contributed by atoms with Crippen molar-refractivity contribution in [3.63, 3.8) is 0 Å². The Bertz CT molecular complexity index is 351. The van der Waals surface area contributed by atoms with Crippen molar-refractivity contribution >= 4 is 17.5 Å². The van der Waals surface area contributed by atoms with Crippen molar-refractivity contribution in [2.75, 3.05) is 11.1 Å². The molecule has 4 N–H and O–H groups in total. The Morgan fingerprint density at radius 2 is 2.29 bits per heavy atom. The van der Waals surface area contributed by atoms with E-state index in [1.165, 1.54) is 6.20 Å². The van der Waals surface area contributed by atoms with Gasteiger partial charge in [-0.2, -0.15) is 4.98 Å². The number of amides is 1. The SMILES string of the molecule is CC(C)C(=O)Nc1ncc(N)c(O)n1. The predicted molar refractivity (Wildman–Crippen MR) is 51.6 cm³/mol. The molecule has 0 aromatic carbocycles. The van der Waals surface area contributed by atoms with E-state index >= 15 is 0 Å². The summed E-state index contributed by atoms with van der Waals surface area (Å²) in [5, 5.41) is 11.6. The smallest absolute Gasteiger partial charge is 0.239 e. The first kappa shape index (κ1) is 10.2. The Hall–Kier alpha value is -1.85. The van der Waals surface area contributed by atoms with Gasteiger partial charge in [0.05, 0.1) is 6.20 Å². The lowest BCUT2D eigenvalue weighted by molar-refractivity contribution is -0.118. The van der Waals surface area contributed by atoms with Gasteiger partial charge in [-0.15, -0.1) is 0 Å². The van der Waals surface area contributed by atoms with Gasteiger partial charge < -0.3 is 10.8 Å². The van der Waals surface area contributed by atoms with Crippen molar-refractivity contribution in [1.82, 2.24) is 9.97 Å². The second-order valence-corrected chi connectivity index (χ2v) is 3.12. The van der Waals surface area contributed by atoms with Crippen LogP contribution in [0.25, 0.3) is 0 Å². The number of nitrogens with one attached hydrogen (secondary N) is 1. The minimum absolute atomic E-state index is 0.0513. The first-order chi connectivity index (χ1) is 6.50. The first-order valence-corrected chi connectivity index (χ1v) is 4.13. The summed E-state index contributed by atoms with van der Waals surface area (Å²) in [5.41, 5.74) is 5.37. The zero-order valence-corrected chi connectivity index (χ0v) is 7.98. The molecular formula is C8H12N4O2. The number of carbonyl (C=O) groups excluding carboxylic acids is 1. The fraction of sp³-hybridized carbons (Fsp3) is 0.375. The molecular weight excluding hydrogens is 184 g/mol. The van der Waals surface area contributed by atoms with Crippen LogP contribution in [-0.4, -0.2) is 21.0 Å². The van der Waals surface area contributed by atoms with E-state index in [4.69, 9.17) is 10.8 Å². The van der Waals surface area contributed by atoms with Crippen LogP contribution in [0.1, 0.15) is 13.8 Å². The Labute approximate surface area is 81.2 Å². The van der Waals surface area contributed by atoms with Gasteiger partial charge in [0, 0.05) is 5.92 Å². The fourth-order valence-electron chi connectivity index (χ4n) is 0.697. The van der Waals surface area contributed by atoms with Gasteiger partial charge in [0.1, 0.15) is 5.69 Å². The number of carbonyl (C=O) groups is 1. The van der Waals surface area contributed by atoms with Gasteiger partial charge in [-0.1, -0.05) is 13.8 Å². The van der Waals surface area contributed by atoms with Crippen molar-refractivity contribution < 1.29 is 9.90 Å². The van der Waals surface area contributed by atoms with E-state index in [0.29, 0.717) is 0 Å². The lowest BCUT2D eigenvalue weighted by Gasteiger charge is -2.06. The molecule has 14 heavy (non-hydrogen) atoms. The highest BCUT2D eigenvalue weighted by Crippen LogP contribution is 2.16. The molecule has 6 heteroatoms. The van der Waals surface area contributed by atoms with E-state index in [1.807, 2.05) is 0 Å². The average molecular weight is 196 g/mol. The maximum absolute atomic E-state index is 11.2. The van der Waals surface area contributed by atoms with E-state index in [1.54, 1.807) is 13.8 Å². The Kier molecular flexibility index (Phi) is 2.85. The molecule has 76 valence electrons. The Balaban J connectivity index is 2.78. The highest BCUT2D eigenvalue weighted by Gasteiger charge is 2.09. The lowest BCUT2D eigenvalue weighted by atomic mass is 10.2. The number of hydrogen-bond acceptors (Lipinski definition) is 5. The van der Waals surface area contributed by atoms with Gasteiger partial charge in [0.2, 0.25) is 17.7 Å². The van der Waals surface area contributed by atoms with Gasteiger partial charge in [-0.05, 0) is 0 Å². The molecule has 0 atom stereocenters. The molecule has 0 fully saturated rings. The van der Waals surface area contributed by atoms with E-state index in [-0.39, 0.29) is 29.3 Å². The third-order valence-electron chi connectivity index (χ3n) is 1.56. The summed E-state index contributed by atoms with van der Waals surface area (Å²) in [6.07, 6.45) is 1.23. The predicted octanol–water partition coefficient (Wildman–Crippen LogP) is 0.359. The molecule has 6 nitrogen and oxygen atoms in total. The van der Waals surface area contributed by atoms with Gasteiger partial charge in [0.15, 0.2) is 0 Å². The van der Waals surface area contributed by atoms with Crippen LogP contribution >= 0.6 is 0 Å². The van der Waals surface area contributed by atoms with Crippen molar-refractivity contribution in [3.8, 4) is 5.88 Å². The molecule has 1 rings (SSSR count). The molecule has 0 radical (unpaired) electrons. The summed E-state index contributed by atoms with van der Waals surface area (Å²) in [5.74, 6) is -0.665. The molecule has 0 saturated heterocycles. The average Bonchev–Trinajstić information content (AvgIpc) is 2.11. The first-order valence-electron chi connectivity index (χ1n) is 4.13. The number of nitrogens with two attached hydrogens (primary N) is 1. The summed E-state index contributed by atoms with van der Waals surface area (Å²) in [6.45, 7) is 3.49. The quantitative estimate of drug-likeness (QED) is 0.633. The molecule has 0 aliphatic carbocycles. The van der Waals surface area contributed by atoms with Crippen molar-refractivity contribution in [2.45, 2.75) is 13.8 Å². The monoisotopic (exact) mass is 196 g/mol. The van der Waals surface area contributed by atoms with E-state index < -0.39 is 0 Å². The summed E-state index contributed by atoms with van der Waals surface area (Å²) < 4.78 is 0. The summed E-state index contributed by atoms with van der Waals surface area (Å²) in [4.78, 5) is 18.5. The van der Waals surface area contributed by atoms with Gasteiger partial charge >= 0.3 is 0 Å². The second kappa shape index (κ2) is 3.91. The van der Waals surface area contributed by atoms with Gasteiger partial charge in [0.25, 0.3) is 0 Å². The van der Waals surface area contributed by atoms with Gasteiger partial charge in [-0.3, -0.25) is 10.1 Å². The van der Waals surface area contributed by atoms with Crippen molar-refractivity contribution in [2.24, 2.45) is 5.92 Å². The van der Waals surface area contributed by atoms with Crippen LogP contribution in [0.5, 0.6) is 5.88 Å². The molecule has 0 saturated carbocycles. The fourth-order valence-corrected chi connectivity index (χ4v) is 0.697. The molecule has 1 amide bonds. The molecule has 0 bridgehead atoms. The van der Waals surface area contributed by atoms with Crippen LogP contribution in [0, 0.1) is 5.92 Å².